The van der Waals surface area contributed by atoms with Crippen LogP contribution in [0.2, 0.25) is 0 Å². The van der Waals surface area contributed by atoms with Gasteiger partial charge in [-0.05, 0) is 68.4 Å². The molecule has 0 aliphatic rings. The number of ketones is 1. The molecule has 0 radical (unpaired) electrons. The second-order valence-corrected chi connectivity index (χ2v) is 10.9. The van der Waals surface area contributed by atoms with Gasteiger partial charge in [0.1, 0.15) is 17.3 Å². The third-order valence-corrected chi connectivity index (χ3v) is 7.95. The first-order valence-electron chi connectivity index (χ1n) is 12.6. The van der Waals surface area contributed by atoms with E-state index in [1.807, 2.05) is 13.8 Å². The second-order valence-electron chi connectivity index (χ2n) is 9.52. The molecule has 6 rings (SSSR count). The molecule has 3 aromatic carbocycles. The lowest BCUT2D eigenvalue weighted by atomic mass is 10.1. The molecule has 11 nitrogen and oxygen atoms in total. The minimum absolute atomic E-state index is 0.0119. The topological polar surface area (TPSA) is 146 Å². The van der Waals surface area contributed by atoms with E-state index in [9.17, 15) is 22.2 Å². The maximum atomic E-state index is 14.1. The number of rotatable bonds is 7. The number of benzene rings is 3. The van der Waals surface area contributed by atoms with Crippen molar-refractivity contribution in [2.45, 2.75) is 25.1 Å². The maximum Gasteiger partial charge on any atom is 0.573 e. The number of hydrogen-bond donors (Lipinski definition) is 2. The van der Waals surface area contributed by atoms with Crippen LogP contribution in [0.5, 0.6) is 5.75 Å². The number of carbonyl (C=O) groups is 1. The van der Waals surface area contributed by atoms with Gasteiger partial charge in [0, 0.05) is 5.39 Å². The van der Waals surface area contributed by atoms with Crippen molar-refractivity contribution in [3.05, 3.63) is 95.6 Å². The lowest BCUT2D eigenvalue weighted by molar-refractivity contribution is -0.274. The fourth-order valence-electron chi connectivity index (χ4n) is 4.70. The minimum atomic E-state index is -4.92. The van der Waals surface area contributed by atoms with E-state index >= 15 is 0 Å². The summed E-state index contributed by atoms with van der Waals surface area (Å²) in [5, 5.41) is 11.9. The summed E-state index contributed by atoms with van der Waals surface area (Å²) in [4.78, 5) is 22.0. The summed E-state index contributed by atoms with van der Waals surface area (Å²) < 4.78 is 59.4. The first kappa shape index (κ1) is 27.8. The van der Waals surface area contributed by atoms with Crippen molar-refractivity contribution in [2.75, 3.05) is 0 Å². The summed E-state index contributed by atoms with van der Waals surface area (Å²) >= 11 is 0. The molecular weight excluding hydrogens is 585 g/mol. The van der Waals surface area contributed by atoms with E-state index in [0.29, 0.717) is 16.4 Å². The Hall–Kier alpha value is -5.31. The first-order valence-corrected chi connectivity index (χ1v) is 13.7. The number of aromatic nitrogens is 5. The van der Waals surface area contributed by atoms with E-state index in [0.717, 1.165) is 28.7 Å². The number of ether oxygens (including phenoxy) is 1. The van der Waals surface area contributed by atoms with Gasteiger partial charge in [-0.1, -0.05) is 22.9 Å². The molecule has 0 fully saturated rings. The lowest BCUT2D eigenvalue weighted by Gasteiger charge is -2.11. The number of H-pyrrole nitrogens is 1. The number of aromatic amines is 1. The number of fused-ring (bicyclic) bond motifs is 2. The quantitative estimate of drug-likeness (QED) is 0.0990. The van der Waals surface area contributed by atoms with Gasteiger partial charge in [-0.15, -0.1) is 18.3 Å². The van der Waals surface area contributed by atoms with Crippen LogP contribution >= 0.6 is 0 Å². The van der Waals surface area contributed by atoms with Crippen LogP contribution in [0.25, 0.3) is 27.6 Å². The highest BCUT2D eigenvalue weighted by atomic mass is 32.2. The number of alkyl halides is 3. The van der Waals surface area contributed by atoms with E-state index in [2.05, 4.69) is 30.1 Å². The molecule has 0 saturated carbocycles. The first-order chi connectivity index (χ1) is 20.5. The van der Waals surface area contributed by atoms with Crippen LogP contribution in [0.15, 0.2) is 88.2 Å². The Kier molecular flexibility index (Phi) is 6.80. The third-order valence-electron chi connectivity index (χ3n) is 6.55. The number of nitrogens with zero attached hydrogens (tertiary/aromatic N) is 6. The van der Waals surface area contributed by atoms with E-state index in [1.165, 1.54) is 27.0 Å². The molecule has 3 N–H and O–H groups in total. The molecule has 3 aromatic heterocycles. The summed E-state index contributed by atoms with van der Waals surface area (Å²) in [6.07, 6.45) is -3.65. The third kappa shape index (κ3) is 5.25. The van der Waals surface area contributed by atoms with Gasteiger partial charge in [-0.25, -0.2) is 13.9 Å². The summed E-state index contributed by atoms with van der Waals surface area (Å²) in [5.41, 5.74) is 3.01. The Balaban J connectivity index is 1.51. The van der Waals surface area contributed by atoms with Crippen molar-refractivity contribution in [1.82, 2.24) is 23.7 Å². The Morgan fingerprint density at radius 3 is 2.53 bits per heavy atom. The zero-order valence-corrected chi connectivity index (χ0v) is 23.3. The van der Waals surface area contributed by atoms with E-state index in [4.69, 9.17) is 5.84 Å². The molecule has 3 heterocycles. The van der Waals surface area contributed by atoms with Gasteiger partial charge in [-0.3, -0.25) is 8.77 Å². The van der Waals surface area contributed by atoms with Crippen molar-refractivity contribution >= 4 is 44.5 Å². The lowest BCUT2D eigenvalue weighted by Crippen LogP contribution is -2.17. The van der Waals surface area contributed by atoms with Crippen LogP contribution in [0.3, 0.4) is 0 Å². The van der Waals surface area contributed by atoms with Gasteiger partial charge in [0.2, 0.25) is 5.78 Å². The smallest absolute Gasteiger partial charge is 0.406 e. The van der Waals surface area contributed by atoms with E-state index < -0.39 is 28.9 Å². The number of hydrogen-bond acceptors (Lipinski definition) is 7. The number of nitrogens with two attached hydrogens (primary N) is 1. The van der Waals surface area contributed by atoms with Gasteiger partial charge in [0.25, 0.3) is 0 Å². The molecule has 15 heteroatoms. The molecule has 0 aliphatic carbocycles. The molecule has 6 aromatic rings. The van der Waals surface area contributed by atoms with Gasteiger partial charge in [-0.2, -0.15) is 5.10 Å². The van der Waals surface area contributed by atoms with Crippen LogP contribution < -0.4 is 10.6 Å². The number of nitrogens with one attached hydrogen (secondary N) is 1. The van der Waals surface area contributed by atoms with Gasteiger partial charge < -0.3 is 15.6 Å². The van der Waals surface area contributed by atoms with Gasteiger partial charge in [0.05, 0.1) is 38.9 Å². The summed E-state index contributed by atoms with van der Waals surface area (Å²) in [6, 6.07) is 16.9. The van der Waals surface area contributed by atoms with Crippen LogP contribution in [0.1, 0.15) is 27.4 Å². The van der Waals surface area contributed by atoms with Gasteiger partial charge in [0.15, 0.2) is 16.8 Å². The van der Waals surface area contributed by atoms with Crippen LogP contribution in [0, 0.1) is 13.8 Å². The molecule has 0 amide bonds. The average Bonchev–Trinajstić information content (AvgIpc) is 3.65. The second kappa shape index (κ2) is 10.5. The van der Waals surface area contributed by atoms with Crippen molar-refractivity contribution < 1.29 is 26.9 Å². The van der Waals surface area contributed by atoms with Crippen LogP contribution in [-0.2, 0) is 11.0 Å². The molecular formula is C28H21F3N8O3S. The fraction of sp³-hybridized carbons (Fsp3) is 0.107. The number of imidazole rings is 1. The van der Waals surface area contributed by atoms with Crippen molar-refractivity contribution in [1.29, 1.82) is 0 Å². The zero-order valence-electron chi connectivity index (χ0n) is 22.5. The SMILES string of the molecule is Cc1ccc(S(=O)n2c(C(=O)c3cnn(-c4ccc5nc(C)[nH]c5c4)c3N=NN)cc3cc(OC(F)(F)F)ccc32)cc1. The van der Waals surface area contributed by atoms with Crippen molar-refractivity contribution in [3.8, 4) is 11.4 Å². The highest BCUT2D eigenvalue weighted by Crippen LogP contribution is 2.33. The predicted octanol–water partition coefficient (Wildman–Crippen LogP) is 5.98. The number of carbonyl (C=O) groups excluding carboxylic acids is 1. The van der Waals surface area contributed by atoms with Crippen molar-refractivity contribution in [2.24, 2.45) is 16.2 Å². The maximum absolute atomic E-state index is 14.1. The molecule has 0 bridgehead atoms. The van der Waals surface area contributed by atoms with Crippen molar-refractivity contribution in [3.63, 3.8) is 0 Å². The predicted molar refractivity (Wildman–Crippen MR) is 152 cm³/mol. The van der Waals surface area contributed by atoms with Crippen LogP contribution in [-0.4, -0.2) is 40.1 Å². The highest BCUT2D eigenvalue weighted by molar-refractivity contribution is 7.83. The summed E-state index contributed by atoms with van der Waals surface area (Å²) in [6.45, 7) is 3.68. The molecule has 1 atom stereocenters. The van der Waals surface area contributed by atoms with E-state index in [1.54, 1.807) is 42.5 Å². The van der Waals surface area contributed by atoms with Crippen LogP contribution in [0.4, 0.5) is 19.0 Å². The molecule has 0 aliphatic heterocycles. The average molecular weight is 607 g/mol. The molecule has 1 unspecified atom stereocenters. The Morgan fingerprint density at radius 1 is 1.05 bits per heavy atom. The molecule has 218 valence electrons. The molecule has 43 heavy (non-hydrogen) atoms. The monoisotopic (exact) mass is 606 g/mol. The van der Waals surface area contributed by atoms with E-state index in [-0.39, 0.29) is 28.0 Å². The summed E-state index contributed by atoms with van der Waals surface area (Å²) in [7, 11) is -1.97. The fourth-order valence-corrected chi connectivity index (χ4v) is 5.94. The Labute approximate surface area is 243 Å². The Morgan fingerprint density at radius 2 is 1.81 bits per heavy atom. The highest BCUT2D eigenvalue weighted by Gasteiger charge is 2.32. The summed E-state index contributed by atoms with van der Waals surface area (Å²) in [5.74, 6) is 4.93. The minimum Gasteiger partial charge on any atom is -0.406 e. The number of aryl methyl sites for hydroxylation is 2. The largest absolute Gasteiger partial charge is 0.573 e. The molecule has 0 saturated heterocycles. The number of halogens is 3. The van der Waals surface area contributed by atoms with Gasteiger partial charge >= 0.3 is 6.36 Å². The Bertz CT molecular complexity index is 2080. The molecule has 0 spiro atoms. The normalized spacial score (nSPS) is 12.9. The standard InChI is InChI=1S/C28H21F3N8O3S/c1-15-3-7-20(8-4-15)43(41)39-24-10-6-19(42-28(29,30)31)11-17(24)12-25(39)26(40)21-14-33-38(27(21)36-37-32)18-5-9-22-23(13-18)35-16(2)34-22/h3-14H,1-2H3,(H2,32,36)(H,34,35). The zero-order chi connectivity index (χ0) is 30.5.